The maximum absolute atomic E-state index is 13.4. The van der Waals surface area contributed by atoms with Gasteiger partial charge in [-0.1, -0.05) is 0 Å². The fourth-order valence-corrected chi connectivity index (χ4v) is 1.31. The van der Waals surface area contributed by atoms with Crippen molar-refractivity contribution in [2.45, 2.75) is 0 Å². The zero-order valence-corrected chi connectivity index (χ0v) is 8.62. The molecule has 0 aliphatic heterocycles. The van der Waals surface area contributed by atoms with Gasteiger partial charge in [0.2, 0.25) is 0 Å². The van der Waals surface area contributed by atoms with Crippen LogP contribution < -0.4 is 0 Å². The lowest BCUT2D eigenvalue weighted by molar-refractivity contribution is 0.111. The molecular formula is C10H6F3N3O. The third-order valence-electron chi connectivity index (χ3n) is 2.18. The van der Waals surface area contributed by atoms with E-state index in [2.05, 4.69) is 10.1 Å². The normalized spacial score (nSPS) is 10.6. The number of hydrogen-bond donors (Lipinski definition) is 0. The maximum Gasteiger partial charge on any atom is 0.195 e. The molecule has 0 aliphatic rings. The number of halogens is 3. The molecule has 1 aromatic heterocycles. The maximum atomic E-state index is 13.4. The molecule has 2 rings (SSSR count). The van der Waals surface area contributed by atoms with Gasteiger partial charge in [0.05, 0.1) is 5.56 Å². The Bertz CT molecular complexity index is 595. The van der Waals surface area contributed by atoms with E-state index in [-0.39, 0.29) is 17.2 Å². The Labute approximate surface area is 93.7 Å². The SMILES string of the molecule is Cn1nc(-c2ccc(F)c(F)c2F)nc1C=O. The van der Waals surface area contributed by atoms with Crippen LogP contribution in [0.15, 0.2) is 12.1 Å². The molecule has 0 radical (unpaired) electrons. The molecule has 7 heteroatoms. The molecule has 0 bridgehead atoms. The monoisotopic (exact) mass is 241 g/mol. The van der Waals surface area contributed by atoms with Gasteiger partial charge >= 0.3 is 0 Å². The number of carbonyl (C=O) groups excluding carboxylic acids is 1. The van der Waals surface area contributed by atoms with Crippen molar-refractivity contribution in [1.29, 1.82) is 0 Å². The van der Waals surface area contributed by atoms with Crippen LogP contribution in [-0.4, -0.2) is 21.1 Å². The second-order valence-electron chi connectivity index (χ2n) is 3.26. The molecule has 17 heavy (non-hydrogen) atoms. The number of hydrogen-bond acceptors (Lipinski definition) is 3. The van der Waals surface area contributed by atoms with Gasteiger partial charge in [0.15, 0.2) is 35.4 Å². The largest absolute Gasteiger partial charge is 0.294 e. The van der Waals surface area contributed by atoms with Crippen LogP contribution in [0.25, 0.3) is 11.4 Å². The first-order valence-electron chi connectivity index (χ1n) is 4.54. The van der Waals surface area contributed by atoms with E-state index in [0.29, 0.717) is 6.29 Å². The summed E-state index contributed by atoms with van der Waals surface area (Å²) in [7, 11) is 1.43. The van der Waals surface area contributed by atoms with Crippen molar-refractivity contribution >= 4 is 6.29 Å². The quantitative estimate of drug-likeness (QED) is 0.594. The van der Waals surface area contributed by atoms with Crippen LogP contribution in [0.5, 0.6) is 0 Å². The number of aryl methyl sites for hydroxylation is 1. The number of nitrogens with zero attached hydrogens (tertiary/aromatic N) is 3. The lowest BCUT2D eigenvalue weighted by atomic mass is 10.2. The smallest absolute Gasteiger partial charge is 0.195 e. The van der Waals surface area contributed by atoms with Crippen LogP contribution in [0.4, 0.5) is 13.2 Å². The lowest BCUT2D eigenvalue weighted by Gasteiger charge is -1.99. The third kappa shape index (κ3) is 1.79. The molecule has 0 atom stereocenters. The Hall–Kier alpha value is -2.18. The highest BCUT2D eigenvalue weighted by atomic mass is 19.2. The average Bonchev–Trinajstić information content (AvgIpc) is 2.67. The van der Waals surface area contributed by atoms with Crippen LogP contribution in [0.2, 0.25) is 0 Å². The van der Waals surface area contributed by atoms with Crippen molar-refractivity contribution in [3.05, 3.63) is 35.4 Å². The van der Waals surface area contributed by atoms with Crippen molar-refractivity contribution in [2.75, 3.05) is 0 Å². The van der Waals surface area contributed by atoms with Gasteiger partial charge < -0.3 is 0 Å². The van der Waals surface area contributed by atoms with Gasteiger partial charge in [-0.05, 0) is 12.1 Å². The standard InChI is InChI=1S/C10H6F3N3O/c1-16-7(4-17)14-10(15-16)5-2-3-6(11)9(13)8(5)12/h2-4H,1H3. The summed E-state index contributed by atoms with van der Waals surface area (Å²) in [5.41, 5.74) is -0.299. The molecule has 0 amide bonds. The summed E-state index contributed by atoms with van der Waals surface area (Å²) in [5, 5.41) is 3.73. The fraction of sp³-hybridized carbons (Fsp3) is 0.100. The van der Waals surface area contributed by atoms with Crippen molar-refractivity contribution in [2.24, 2.45) is 7.05 Å². The summed E-state index contributed by atoms with van der Waals surface area (Å²) in [4.78, 5) is 14.2. The number of aldehydes is 1. The zero-order chi connectivity index (χ0) is 12.6. The molecule has 0 saturated heterocycles. The first kappa shape index (κ1) is 11.3. The Morgan fingerprint density at radius 3 is 2.53 bits per heavy atom. The molecule has 0 aliphatic carbocycles. The predicted molar refractivity (Wildman–Crippen MR) is 51.7 cm³/mol. The van der Waals surface area contributed by atoms with E-state index in [9.17, 15) is 18.0 Å². The molecule has 2 aromatic rings. The summed E-state index contributed by atoms with van der Waals surface area (Å²) in [6.07, 6.45) is 0.425. The Morgan fingerprint density at radius 1 is 1.24 bits per heavy atom. The third-order valence-corrected chi connectivity index (χ3v) is 2.18. The fourth-order valence-electron chi connectivity index (χ4n) is 1.31. The highest BCUT2D eigenvalue weighted by molar-refractivity contribution is 5.71. The van der Waals surface area contributed by atoms with E-state index >= 15 is 0 Å². The molecule has 0 N–H and O–H groups in total. The number of carbonyl (C=O) groups is 1. The zero-order valence-electron chi connectivity index (χ0n) is 8.62. The van der Waals surface area contributed by atoms with Gasteiger partial charge in [0.1, 0.15) is 0 Å². The van der Waals surface area contributed by atoms with Crippen molar-refractivity contribution < 1.29 is 18.0 Å². The first-order chi connectivity index (χ1) is 8.04. The Balaban J connectivity index is 2.60. The summed E-state index contributed by atoms with van der Waals surface area (Å²) in [5.74, 6) is -4.48. The summed E-state index contributed by atoms with van der Waals surface area (Å²) >= 11 is 0. The number of rotatable bonds is 2. The minimum Gasteiger partial charge on any atom is -0.294 e. The first-order valence-corrected chi connectivity index (χ1v) is 4.54. The molecule has 1 heterocycles. The molecule has 0 saturated carbocycles. The number of aromatic nitrogens is 3. The minimum atomic E-state index is -1.59. The molecule has 88 valence electrons. The van der Waals surface area contributed by atoms with Crippen LogP contribution in [-0.2, 0) is 7.05 Å². The molecule has 0 fully saturated rings. The van der Waals surface area contributed by atoms with Gasteiger partial charge in [0.25, 0.3) is 0 Å². The van der Waals surface area contributed by atoms with E-state index in [4.69, 9.17) is 0 Å². The molecular weight excluding hydrogens is 235 g/mol. The number of benzene rings is 1. The Morgan fingerprint density at radius 2 is 1.94 bits per heavy atom. The second kappa shape index (κ2) is 4.00. The van der Waals surface area contributed by atoms with Gasteiger partial charge in [-0.2, -0.15) is 5.10 Å². The van der Waals surface area contributed by atoms with Crippen LogP contribution in [0.1, 0.15) is 10.6 Å². The highest BCUT2D eigenvalue weighted by Crippen LogP contribution is 2.23. The van der Waals surface area contributed by atoms with E-state index in [1.165, 1.54) is 7.05 Å². The predicted octanol–water partition coefficient (Wildman–Crippen LogP) is 1.71. The van der Waals surface area contributed by atoms with Crippen LogP contribution >= 0.6 is 0 Å². The molecule has 0 unspecified atom stereocenters. The second-order valence-corrected chi connectivity index (χ2v) is 3.26. The van der Waals surface area contributed by atoms with Crippen LogP contribution in [0.3, 0.4) is 0 Å². The van der Waals surface area contributed by atoms with E-state index < -0.39 is 17.5 Å². The molecule has 4 nitrogen and oxygen atoms in total. The van der Waals surface area contributed by atoms with Gasteiger partial charge in [-0.25, -0.2) is 22.8 Å². The van der Waals surface area contributed by atoms with Gasteiger partial charge in [-0.3, -0.25) is 4.79 Å². The van der Waals surface area contributed by atoms with Crippen LogP contribution in [0, 0.1) is 17.5 Å². The van der Waals surface area contributed by atoms with E-state index in [0.717, 1.165) is 16.8 Å². The van der Waals surface area contributed by atoms with Crippen molar-refractivity contribution in [3.63, 3.8) is 0 Å². The summed E-state index contributed by atoms with van der Waals surface area (Å²) < 4.78 is 40.2. The van der Waals surface area contributed by atoms with E-state index in [1.54, 1.807) is 0 Å². The minimum absolute atomic E-state index is 0.0378. The van der Waals surface area contributed by atoms with Crippen molar-refractivity contribution in [3.8, 4) is 11.4 Å². The average molecular weight is 241 g/mol. The Kier molecular flexibility index (Phi) is 2.66. The highest BCUT2D eigenvalue weighted by Gasteiger charge is 2.18. The lowest BCUT2D eigenvalue weighted by Crippen LogP contribution is -1.97. The molecule has 0 spiro atoms. The molecule has 1 aromatic carbocycles. The van der Waals surface area contributed by atoms with Gasteiger partial charge in [-0.15, -0.1) is 0 Å². The summed E-state index contributed by atoms with van der Waals surface area (Å²) in [6.45, 7) is 0. The van der Waals surface area contributed by atoms with Gasteiger partial charge in [0, 0.05) is 7.05 Å². The van der Waals surface area contributed by atoms with E-state index in [1.807, 2.05) is 0 Å². The van der Waals surface area contributed by atoms with Crippen molar-refractivity contribution in [1.82, 2.24) is 14.8 Å². The summed E-state index contributed by atoms with van der Waals surface area (Å²) in [6, 6.07) is 1.78. The topological polar surface area (TPSA) is 47.8 Å².